The van der Waals surface area contributed by atoms with E-state index in [1.807, 2.05) is 13.8 Å². The quantitative estimate of drug-likeness (QED) is 0.376. The van der Waals surface area contributed by atoms with E-state index in [0.717, 1.165) is 25.0 Å². The maximum Gasteiger partial charge on any atom is 0.154 e. The highest BCUT2D eigenvalue weighted by atomic mass is 79.9. The molecule has 3 heteroatoms. The van der Waals surface area contributed by atoms with Crippen molar-refractivity contribution in [1.82, 2.24) is 0 Å². The molecule has 0 aliphatic heterocycles. The molecule has 11 heavy (non-hydrogen) atoms. The van der Waals surface area contributed by atoms with Gasteiger partial charge in [-0.1, -0.05) is 15.9 Å². The van der Waals surface area contributed by atoms with Gasteiger partial charge in [-0.25, -0.2) is 0 Å². The summed E-state index contributed by atoms with van der Waals surface area (Å²) in [5.74, 6) is 0. The van der Waals surface area contributed by atoms with Crippen molar-refractivity contribution in [3.8, 4) is 0 Å². The first-order chi connectivity index (χ1) is 5.31. The average Bonchev–Trinajstić information content (AvgIpc) is 1.99. The second-order valence-electron chi connectivity index (χ2n) is 2.29. The Morgan fingerprint density at radius 2 is 2.00 bits per heavy atom. The fourth-order valence-electron chi connectivity index (χ4n) is 0.729. The fraction of sp³-hybridized carbons (Fsp3) is 1.00. The third-order valence-electron chi connectivity index (χ3n) is 1.28. The Labute approximate surface area is 77.4 Å². The predicted octanol–water partition coefficient (Wildman–Crippen LogP) is 2.56. The second-order valence-corrected chi connectivity index (χ2v) is 3.08. The first-order valence-corrected chi connectivity index (χ1v) is 5.22. The minimum Gasteiger partial charge on any atom is -0.353 e. The van der Waals surface area contributed by atoms with Gasteiger partial charge in [0.15, 0.2) is 6.29 Å². The molecule has 0 amide bonds. The molecule has 0 bridgehead atoms. The molecule has 0 spiro atoms. The van der Waals surface area contributed by atoms with Crippen LogP contribution in [0.1, 0.15) is 26.7 Å². The highest BCUT2D eigenvalue weighted by Crippen LogP contribution is 1.98. The van der Waals surface area contributed by atoms with Crippen molar-refractivity contribution in [2.75, 3.05) is 18.5 Å². The van der Waals surface area contributed by atoms with Crippen LogP contribution in [0.3, 0.4) is 0 Å². The largest absolute Gasteiger partial charge is 0.353 e. The van der Waals surface area contributed by atoms with Gasteiger partial charge < -0.3 is 9.47 Å². The van der Waals surface area contributed by atoms with Crippen molar-refractivity contribution in [3.05, 3.63) is 0 Å². The summed E-state index contributed by atoms with van der Waals surface area (Å²) in [6, 6.07) is 0. The fourth-order valence-corrected chi connectivity index (χ4v) is 1.13. The molecule has 0 rings (SSSR count). The summed E-state index contributed by atoms with van der Waals surface area (Å²) in [5.41, 5.74) is 0. The van der Waals surface area contributed by atoms with Gasteiger partial charge in [-0.05, 0) is 26.7 Å². The number of halogens is 1. The molecule has 0 aromatic carbocycles. The van der Waals surface area contributed by atoms with E-state index >= 15 is 0 Å². The van der Waals surface area contributed by atoms with Crippen molar-refractivity contribution < 1.29 is 9.47 Å². The number of alkyl halides is 1. The SMILES string of the molecule is CCOC(C)OCCCCBr. The smallest absolute Gasteiger partial charge is 0.154 e. The Hall–Kier alpha value is 0.400. The van der Waals surface area contributed by atoms with E-state index in [-0.39, 0.29) is 6.29 Å². The zero-order valence-electron chi connectivity index (χ0n) is 7.31. The Kier molecular flexibility index (Phi) is 8.81. The number of hydrogen-bond acceptors (Lipinski definition) is 2. The summed E-state index contributed by atoms with van der Waals surface area (Å²) in [5, 5.41) is 1.05. The Balaban J connectivity index is 2.97. The predicted molar refractivity (Wildman–Crippen MR) is 50.1 cm³/mol. The Bertz CT molecular complexity index is 78.5. The van der Waals surface area contributed by atoms with Gasteiger partial charge in [-0.3, -0.25) is 0 Å². The highest BCUT2D eigenvalue weighted by molar-refractivity contribution is 9.09. The van der Waals surface area contributed by atoms with Crippen LogP contribution in [0.5, 0.6) is 0 Å². The van der Waals surface area contributed by atoms with E-state index in [0.29, 0.717) is 0 Å². The van der Waals surface area contributed by atoms with E-state index in [9.17, 15) is 0 Å². The summed E-state index contributed by atoms with van der Waals surface area (Å²) in [4.78, 5) is 0. The van der Waals surface area contributed by atoms with Crippen molar-refractivity contribution in [2.45, 2.75) is 33.0 Å². The minimum absolute atomic E-state index is 0.0460. The highest BCUT2D eigenvalue weighted by Gasteiger charge is 1.98. The molecular formula is C8H17BrO2. The van der Waals surface area contributed by atoms with Crippen LogP contribution in [0.15, 0.2) is 0 Å². The second kappa shape index (κ2) is 8.50. The van der Waals surface area contributed by atoms with E-state index in [1.54, 1.807) is 0 Å². The minimum atomic E-state index is -0.0460. The molecule has 0 fully saturated rings. The van der Waals surface area contributed by atoms with E-state index in [2.05, 4.69) is 15.9 Å². The lowest BCUT2D eigenvalue weighted by molar-refractivity contribution is -0.127. The molecular weight excluding hydrogens is 208 g/mol. The van der Waals surface area contributed by atoms with Crippen LogP contribution in [0.4, 0.5) is 0 Å². The first-order valence-electron chi connectivity index (χ1n) is 4.10. The van der Waals surface area contributed by atoms with E-state index in [1.165, 1.54) is 6.42 Å². The molecule has 0 saturated heterocycles. The lowest BCUT2D eigenvalue weighted by Crippen LogP contribution is -2.13. The Morgan fingerprint density at radius 1 is 1.27 bits per heavy atom. The molecule has 0 heterocycles. The molecule has 0 aliphatic carbocycles. The zero-order chi connectivity index (χ0) is 8.53. The van der Waals surface area contributed by atoms with Crippen LogP contribution in [0.25, 0.3) is 0 Å². The maximum absolute atomic E-state index is 5.34. The third-order valence-corrected chi connectivity index (χ3v) is 1.84. The lowest BCUT2D eigenvalue weighted by Gasteiger charge is -2.11. The van der Waals surface area contributed by atoms with Crippen molar-refractivity contribution in [2.24, 2.45) is 0 Å². The van der Waals surface area contributed by atoms with Gasteiger partial charge in [0.2, 0.25) is 0 Å². The van der Waals surface area contributed by atoms with Gasteiger partial charge in [-0.15, -0.1) is 0 Å². The van der Waals surface area contributed by atoms with Gasteiger partial charge in [0.25, 0.3) is 0 Å². The third kappa shape index (κ3) is 8.30. The monoisotopic (exact) mass is 224 g/mol. The molecule has 0 saturated carbocycles. The number of ether oxygens (including phenoxy) is 2. The number of unbranched alkanes of at least 4 members (excludes halogenated alkanes) is 1. The number of hydrogen-bond donors (Lipinski definition) is 0. The summed E-state index contributed by atoms with van der Waals surface area (Å²) >= 11 is 3.36. The molecule has 0 radical (unpaired) electrons. The van der Waals surface area contributed by atoms with Gasteiger partial charge in [0.1, 0.15) is 0 Å². The number of rotatable bonds is 7. The van der Waals surface area contributed by atoms with Gasteiger partial charge in [0.05, 0.1) is 0 Å². The lowest BCUT2D eigenvalue weighted by atomic mass is 10.4. The van der Waals surface area contributed by atoms with E-state index in [4.69, 9.17) is 9.47 Å². The van der Waals surface area contributed by atoms with Crippen molar-refractivity contribution in [3.63, 3.8) is 0 Å². The molecule has 2 nitrogen and oxygen atoms in total. The van der Waals surface area contributed by atoms with Crippen LogP contribution < -0.4 is 0 Å². The summed E-state index contributed by atoms with van der Waals surface area (Å²) < 4.78 is 10.5. The van der Waals surface area contributed by atoms with Gasteiger partial charge in [0, 0.05) is 18.5 Å². The molecule has 1 unspecified atom stereocenters. The summed E-state index contributed by atoms with van der Waals surface area (Å²) in [6.07, 6.45) is 2.22. The summed E-state index contributed by atoms with van der Waals surface area (Å²) in [6.45, 7) is 5.42. The van der Waals surface area contributed by atoms with Crippen LogP contribution in [0.2, 0.25) is 0 Å². The van der Waals surface area contributed by atoms with E-state index < -0.39 is 0 Å². The Morgan fingerprint density at radius 3 is 2.55 bits per heavy atom. The van der Waals surface area contributed by atoms with Gasteiger partial charge >= 0.3 is 0 Å². The van der Waals surface area contributed by atoms with Crippen LogP contribution in [-0.4, -0.2) is 24.8 Å². The molecule has 0 aliphatic rings. The standard InChI is InChI=1S/C8H17BrO2/c1-3-10-8(2)11-7-5-4-6-9/h8H,3-7H2,1-2H3. The van der Waals surface area contributed by atoms with Crippen molar-refractivity contribution >= 4 is 15.9 Å². The van der Waals surface area contributed by atoms with Crippen LogP contribution in [0, 0.1) is 0 Å². The zero-order valence-corrected chi connectivity index (χ0v) is 8.89. The molecule has 1 atom stereocenters. The molecule has 0 N–H and O–H groups in total. The molecule has 0 aromatic heterocycles. The first kappa shape index (κ1) is 11.4. The van der Waals surface area contributed by atoms with Gasteiger partial charge in [-0.2, -0.15) is 0 Å². The normalized spacial score (nSPS) is 13.4. The van der Waals surface area contributed by atoms with Crippen LogP contribution >= 0.6 is 15.9 Å². The molecule has 0 aromatic rings. The average molecular weight is 225 g/mol. The van der Waals surface area contributed by atoms with Crippen LogP contribution in [-0.2, 0) is 9.47 Å². The van der Waals surface area contributed by atoms with Crippen molar-refractivity contribution in [1.29, 1.82) is 0 Å². The topological polar surface area (TPSA) is 18.5 Å². The molecule has 68 valence electrons. The maximum atomic E-state index is 5.34. The summed E-state index contributed by atoms with van der Waals surface area (Å²) in [7, 11) is 0.